The van der Waals surface area contributed by atoms with Crippen molar-refractivity contribution >= 4 is 0 Å². The Morgan fingerprint density at radius 3 is 3.00 bits per heavy atom. The third kappa shape index (κ3) is 3.06. The maximum Gasteiger partial charge on any atom is 0.0951 e. The zero-order valence-corrected chi connectivity index (χ0v) is 10.1. The van der Waals surface area contributed by atoms with Gasteiger partial charge in [-0.05, 0) is 33.2 Å². The van der Waals surface area contributed by atoms with Gasteiger partial charge in [-0.1, -0.05) is 0 Å². The highest BCUT2D eigenvalue weighted by atomic mass is 16.3. The summed E-state index contributed by atoms with van der Waals surface area (Å²) in [6, 6.07) is 0.697. The molecule has 1 N–H and O–H groups in total. The maximum absolute atomic E-state index is 9.24. The van der Waals surface area contributed by atoms with Gasteiger partial charge in [-0.15, -0.1) is 0 Å². The summed E-state index contributed by atoms with van der Waals surface area (Å²) in [5.74, 6) is 0. The standard InChI is InChI=1S/C12H21N3O/c1-10(16)5-6-14(2)8-12-7-13-9-15(12)11-3-4-11/h7,9-11,16H,3-6,8H2,1-2H3. The first-order chi connectivity index (χ1) is 7.66. The molecule has 90 valence electrons. The van der Waals surface area contributed by atoms with Crippen molar-refractivity contribution in [3.05, 3.63) is 18.2 Å². The molecule has 1 fully saturated rings. The fourth-order valence-electron chi connectivity index (χ4n) is 1.90. The lowest BCUT2D eigenvalue weighted by molar-refractivity contribution is 0.162. The van der Waals surface area contributed by atoms with E-state index in [2.05, 4.69) is 21.5 Å². The van der Waals surface area contributed by atoms with Gasteiger partial charge in [0.15, 0.2) is 0 Å². The number of imidazole rings is 1. The van der Waals surface area contributed by atoms with Crippen molar-refractivity contribution in [2.24, 2.45) is 0 Å². The fraction of sp³-hybridized carbons (Fsp3) is 0.750. The highest BCUT2D eigenvalue weighted by Gasteiger charge is 2.25. The van der Waals surface area contributed by atoms with Gasteiger partial charge in [0.2, 0.25) is 0 Å². The molecule has 0 saturated heterocycles. The molecule has 1 aliphatic carbocycles. The van der Waals surface area contributed by atoms with Gasteiger partial charge in [-0.3, -0.25) is 0 Å². The zero-order valence-electron chi connectivity index (χ0n) is 10.1. The predicted molar refractivity (Wildman–Crippen MR) is 63.1 cm³/mol. The van der Waals surface area contributed by atoms with E-state index in [9.17, 15) is 5.11 Å². The van der Waals surface area contributed by atoms with Crippen LogP contribution in [0.5, 0.6) is 0 Å². The Labute approximate surface area is 96.9 Å². The summed E-state index contributed by atoms with van der Waals surface area (Å²) in [5.41, 5.74) is 1.29. The number of aromatic nitrogens is 2. The minimum Gasteiger partial charge on any atom is -0.393 e. The van der Waals surface area contributed by atoms with E-state index in [1.807, 2.05) is 19.4 Å². The van der Waals surface area contributed by atoms with Gasteiger partial charge < -0.3 is 14.6 Å². The van der Waals surface area contributed by atoms with Crippen LogP contribution in [0.1, 0.15) is 37.9 Å². The van der Waals surface area contributed by atoms with Gasteiger partial charge >= 0.3 is 0 Å². The topological polar surface area (TPSA) is 41.3 Å². The van der Waals surface area contributed by atoms with Crippen LogP contribution in [0.15, 0.2) is 12.5 Å². The van der Waals surface area contributed by atoms with Crippen LogP contribution in [-0.2, 0) is 6.54 Å². The van der Waals surface area contributed by atoms with Crippen LogP contribution in [0.3, 0.4) is 0 Å². The smallest absolute Gasteiger partial charge is 0.0951 e. The fourth-order valence-corrected chi connectivity index (χ4v) is 1.90. The summed E-state index contributed by atoms with van der Waals surface area (Å²) in [6.07, 6.45) is 7.10. The second-order valence-corrected chi connectivity index (χ2v) is 4.90. The Hall–Kier alpha value is -0.870. The monoisotopic (exact) mass is 223 g/mol. The molecule has 1 unspecified atom stereocenters. The molecule has 0 spiro atoms. The van der Waals surface area contributed by atoms with Crippen LogP contribution in [0.25, 0.3) is 0 Å². The van der Waals surface area contributed by atoms with E-state index in [4.69, 9.17) is 0 Å². The summed E-state index contributed by atoms with van der Waals surface area (Å²) in [4.78, 5) is 6.46. The van der Waals surface area contributed by atoms with Gasteiger partial charge in [0.1, 0.15) is 0 Å². The summed E-state index contributed by atoms with van der Waals surface area (Å²) in [6.45, 7) is 3.68. The van der Waals surface area contributed by atoms with E-state index in [1.165, 1.54) is 18.5 Å². The average Bonchev–Trinajstić information content (AvgIpc) is 2.97. The number of aliphatic hydroxyl groups is 1. The Morgan fingerprint density at radius 1 is 1.62 bits per heavy atom. The minimum atomic E-state index is -0.212. The van der Waals surface area contributed by atoms with Crippen LogP contribution < -0.4 is 0 Å². The second-order valence-electron chi connectivity index (χ2n) is 4.90. The van der Waals surface area contributed by atoms with Crippen molar-refractivity contribution in [2.45, 2.75) is 44.9 Å². The van der Waals surface area contributed by atoms with Crippen molar-refractivity contribution in [1.29, 1.82) is 0 Å². The van der Waals surface area contributed by atoms with Crippen molar-refractivity contribution in [2.75, 3.05) is 13.6 Å². The molecule has 0 radical (unpaired) electrons. The molecule has 1 heterocycles. The minimum absolute atomic E-state index is 0.212. The quantitative estimate of drug-likeness (QED) is 0.793. The van der Waals surface area contributed by atoms with Crippen molar-refractivity contribution in [3.8, 4) is 0 Å². The van der Waals surface area contributed by atoms with Crippen LogP contribution in [0.2, 0.25) is 0 Å². The molecule has 1 aliphatic rings. The first-order valence-electron chi connectivity index (χ1n) is 6.04. The van der Waals surface area contributed by atoms with Gasteiger partial charge in [0.05, 0.1) is 18.1 Å². The van der Waals surface area contributed by atoms with Crippen LogP contribution in [-0.4, -0.2) is 39.3 Å². The van der Waals surface area contributed by atoms with Gasteiger partial charge in [0, 0.05) is 25.3 Å². The molecule has 4 heteroatoms. The third-order valence-corrected chi connectivity index (χ3v) is 3.05. The highest BCUT2D eigenvalue weighted by molar-refractivity contribution is 5.03. The van der Waals surface area contributed by atoms with Crippen molar-refractivity contribution in [1.82, 2.24) is 14.5 Å². The average molecular weight is 223 g/mol. The Balaban J connectivity index is 1.85. The van der Waals surface area contributed by atoms with E-state index < -0.39 is 0 Å². The lowest BCUT2D eigenvalue weighted by Crippen LogP contribution is -2.23. The van der Waals surface area contributed by atoms with Gasteiger partial charge in [0.25, 0.3) is 0 Å². The zero-order chi connectivity index (χ0) is 11.5. The number of nitrogens with zero attached hydrogens (tertiary/aromatic N) is 3. The van der Waals surface area contributed by atoms with Crippen LogP contribution in [0, 0.1) is 0 Å². The summed E-state index contributed by atoms with van der Waals surface area (Å²) >= 11 is 0. The molecule has 2 rings (SSSR count). The lowest BCUT2D eigenvalue weighted by atomic mass is 10.2. The molecule has 0 bridgehead atoms. The molecule has 0 aliphatic heterocycles. The molecule has 0 aromatic carbocycles. The molecule has 1 aromatic heterocycles. The summed E-state index contributed by atoms with van der Waals surface area (Å²) in [7, 11) is 2.09. The molecule has 4 nitrogen and oxygen atoms in total. The molecule has 1 aromatic rings. The molecular weight excluding hydrogens is 202 g/mol. The normalized spacial score (nSPS) is 18.0. The number of hydrogen-bond donors (Lipinski definition) is 1. The maximum atomic E-state index is 9.24. The summed E-state index contributed by atoms with van der Waals surface area (Å²) < 4.78 is 2.29. The van der Waals surface area contributed by atoms with E-state index in [1.54, 1.807) is 0 Å². The lowest BCUT2D eigenvalue weighted by Gasteiger charge is -2.18. The van der Waals surface area contributed by atoms with Crippen LogP contribution >= 0.6 is 0 Å². The summed E-state index contributed by atoms with van der Waals surface area (Å²) in [5, 5.41) is 9.24. The van der Waals surface area contributed by atoms with E-state index in [0.29, 0.717) is 6.04 Å². The van der Waals surface area contributed by atoms with Crippen LogP contribution in [0.4, 0.5) is 0 Å². The predicted octanol–water partition coefficient (Wildman–Crippen LogP) is 1.42. The number of rotatable bonds is 6. The van der Waals surface area contributed by atoms with E-state index in [0.717, 1.165) is 19.5 Å². The van der Waals surface area contributed by atoms with E-state index >= 15 is 0 Å². The SMILES string of the molecule is CC(O)CCN(C)Cc1cncn1C1CC1. The second kappa shape index (κ2) is 4.97. The molecule has 0 amide bonds. The van der Waals surface area contributed by atoms with Gasteiger partial charge in [-0.2, -0.15) is 0 Å². The Morgan fingerprint density at radius 2 is 2.38 bits per heavy atom. The van der Waals surface area contributed by atoms with Crippen molar-refractivity contribution in [3.63, 3.8) is 0 Å². The molecule has 16 heavy (non-hydrogen) atoms. The first kappa shape index (κ1) is 11.6. The largest absolute Gasteiger partial charge is 0.393 e. The van der Waals surface area contributed by atoms with Gasteiger partial charge in [-0.25, -0.2) is 4.98 Å². The number of aliphatic hydroxyl groups excluding tert-OH is 1. The Bertz CT molecular complexity index is 331. The van der Waals surface area contributed by atoms with Crippen molar-refractivity contribution < 1.29 is 5.11 Å². The number of hydrogen-bond acceptors (Lipinski definition) is 3. The van der Waals surface area contributed by atoms with E-state index in [-0.39, 0.29) is 6.10 Å². The highest BCUT2D eigenvalue weighted by Crippen LogP contribution is 2.35. The third-order valence-electron chi connectivity index (χ3n) is 3.05. The Kier molecular flexibility index (Phi) is 3.61. The molecule has 1 saturated carbocycles. The first-order valence-corrected chi connectivity index (χ1v) is 6.04. The molecular formula is C12H21N3O. The molecule has 1 atom stereocenters.